The first-order valence-electron chi connectivity index (χ1n) is 7.09. The summed E-state index contributed by atoms with van der Waals surface area (Å²) < 4.78 is 12.7. The number of fused-ring (bicyclic) bond motifs is 1. The molecule has 3 rings (SSSR count). The van der Waals surface area contributed by atoms with Gasteiger partial charge in [-0.1, -0.05) is 0 Å². The van der Waals surface area contributed by atoms with E-state index in [1.54, 1.807) is 23.2 Å². The van der Waals surface area contributed by atoms with Crippen molar-refractivity contribution in [2.45, 2.75) is 27.5 Å². The number of esters is 1. The number of hydrogen-bond acceptors (Lipinski definition) is 6. The second kappa shape index (κ2) is 5.71. The third-order valence-electron chi connectivity index (χ3n) is 3.15. The molecule has 3 aromatic rings. The summed E-state index contributed by atoms with van der Waals surface area (Å²) in [4.78, 5) is 20.2. The molecule has 0 bridgehead atoms. The van der Waals surface area contributed by atoms with Gasteiger partial charge in [-0.25, -0.2) is 9.97 Å². The van der Waals surface area contributed by atoms with Crippen LogP contribution in [0.2, 0.25) is 0 Å². The number of carbonyl (C=O) groups excluding carboxylic acids is 1. The fraction of sp³-hybridized carbons (Fsp3) is 0.333. The average Bonchev–Trinajstić information content (AvgIpc) is 3.14. The minimum absolute atomic E-state index is 0.0851. The molecule has 3 heterocycles. The van der Waals surface area contributed by atoms with Crippen LogP contribution in [0.5, 0.6) is 11.6 Å². The van der Waals surface area contributed by atoms with Crippen molar-refractivity contribution in [2.24, 2.45) is 5.41 Å². The Hall–Kier alpha value is -2.90. The van der Waals surface area contributed by atoms with Crippen LogP contribution in [0.3, 0.4) is 0 Å². The molecular formula is C15H17N5O3. The van der Waals surface area contributed by atoms with Crippen molar-refractivity contribution >= 4 is 17.0 Å². The van der Waals surface area contributed by atoms with Gasteiger partial charge >= 0.3 is 5.97 Å². The summed E-state index contributed by atoms with van der Waals surface area (Å²) in [5.41, 5.74) is 0.0771. The molecule has 0 aliphatic heterocycles. The minimum atomic E-state index is -0.548. The van der Waals surface area contributed by atoms with E-state index in [0.717, 1.165) is 5.39 Å². The Bertz CT molecular complexity index is 817. The fourth-order valence-corrected chi connectivity index (χ4v) is 1.92. The number of H-pyrrole nitrogens is 1. The van der Waals surface area contributed by atoms with E-state index in [2.05, 4.69) is 20.2 Å². The predicted molar refractivity (Wildman–Crippen MR) is 81.7 cm³/mol. The van der Waals surface area contributed by atoms with E-state index in [1.807, 2.05) is 26.8 Å². The average molecular weight is 315 g/mol. The van der Waals surface area contributed by atoms with Crippen LogP contribution in [-0.4, -0.2) is 30.7 Å². The molecule has 0 spiro atoms. The molecule has 8 nitrogen and oxygen atoms in total. The Labute approximate surface area is 132 Å². The quantitative estimate of drug-likeness (QED) is 0.743. The van der Waals surface area contributed by atoms with E-state index in [9.17, 15) is 4.79 Å². The van der Waals surface area contributed by atoms with Crippen molar-refractivity contribution in [3.05, 3.63) is 31.0 Å². The van der Waals surface area contributed by atoms with E-state index < -0.39 is 5.41 Å². The zero-order valence-electron chi connectivity index (χ0n) is 13.1. The van der Waals surface area contributed by atoms with E-state index in [-0.39, 0.29) is 12.7 Å². The predicted octanol–water partition coefficient (Wildman–Crippen LogP) is 2.49. The van der Waals surface area contributed by atoms with Crippen molar-refractivity contribution in [2.75, 3.05) is 0 Å². The van der Waals surface area contributed by atoms with Crippen LogP contribution in [0.15, 0.2) is 31.0 Å². The van der Waals surface area contributed by atoms with Gasteiger partial charge in [-0.05, 0) is 26.8 Å². The summed E-state index contributed by atoms with van der Waals surface area (Å²) in [6.45, 7) is 5.51. The summed E-state index contributed by atoms with van der Waals surface area (Å²) in [6.07, 6.45) is 6.35. The van der Waals surface area contributed by atoms with E-state index >= 15 is 0 Å². The highest BCUT2D eigenvalue weighted by atomic mass is 16.5. The molecule has 0 fully saturated rings. The smallest absolute Gasteiger partial charge is 0.312 e. The van der Waals surface area contributed by atoms with Gasteiger partial charge in [0.2, 0.25) is 5.88 Å². The molecule has 120 valence electrons. The summed E-state index contributed by atoms with van der Waals surface area (Å²) in [5.74, 6) is 0.692. The zero-order valence-corrected chi connectivity index (χ0v) is 13.1. The van der Waals surface area contributed by atoms with Crippen molar-refractivity contribution in [1.29, 1.82) is 0 Å². The minimum Gasteiger partial charge on any atom is -0.443 e. The van der Waals surface area contributed by atoms with E-state index in [1.165, 1.54) is 6.33 Å². The molecule has 0 unspecified atom stereocenters. The zero-order chi connectivity index (χ0) is 16.4. The number of rotatable bonds is 4. The lowest BCUT2D eigenvalue weighted by atomic mass is 9.98. The fourth-order valence-electron chi connectivity index (χ4n) is 1.92. The van der Waals surface area contributed by atoms with Crippen molar-refractivity contribution < 1.29 is 14.3 Å². The summed E-state index contributed by atoms with van der Waals surface area (Å²) in [5, 5.41) is 7.21. The molecule has 0 saturated heterocycles. The van der Waals surface area contributed by atoms with Gasteiger partial charge in [0.05, 0.1) is 23.2 Å². The van der Waals surface area contributed by atoms with Crippen LogP contribution < -0.4 is 4.74 Å². The highest BCUT2D eigenvalue weighted by Crippen LogP contribution is 2.26. The number of aromatic amines is 1. The van der Waals surface area contributed by atoms with Gasteiger partial charge in [0.1, 0.15) is 12.0 Å². The number of aromatic nitrogens is 5. The summed E-state index contributed by atoms with van der Waals surface area (Å²) >= 11 is 0. The molecule has 0 atom stereocenters. The largest absolute Gasteiger partial charge is 0.443 e. The van der Waals surface area contributed by atoms with Crippen LogP contribution in [0.25, 0.3) is 11.0 Å². The molecule has 0 aliphatic carbocycles. The van der Waals surface area contributed by atoms with E-state index in [0.29, 0.717) is 17.3 Å². The summed E-state index contributed by atoms with van der Waals surface area (Å²) in [7, 11) is 0. The number of nitrogens with one attached hydrogen (secondary N) is 1. The van der Waals surface area contributed by atoms with Gasteiger partial charge in [0.15, 0.2) is 12.5 Å². The normalized spacial score (nSPS) is 11.6. The van der Waals surface area contributed by atoms with Crippen LogP contribution in [-0.2, 0) is 16.3 Å². The molecule has 0 amide bonds. The topological polar surface area (TPSA) is 94.9 Å². The highest BCUT2D eigenvalue weighted by molar-refractivity contribution is 5.81. The van der Waals surface area contributed by atoms with Crippen molar-refractivity contribution in [1.82, 2.24) is 24.7 Å². The van der Waals surface area contributed by atoms with Crippen LogP contribution in [0, 0.1) is 5.41 Å². The highest BCUT2D eigenvalue weighted by Gasteiger charge is 2.23. The molecule has 0 aromatic carbocycles. The Balaban J connectivity index is 1.82. The molecule has 23 heavy (non-hydrogen) atoms. The number of carbonyl (C=O) groups is 1. The van der Waals surface area contributed by atoms with E-state index in [4.69, 9.17) is 9.47 Å². The number of nitrogens with zero attached hydrogens (tertiary/aromatic N) is 4. The Morgan fingerprint density at radius 3 is 2.87 bits per heavy atom. The third kappa shape index (κ3) is 3.15. The van der Waals surface area contributed by atoms with Crippen molar-refractivity contribution in [3.63, 3.8) is 0 Å². The Kier molecular flexibility index (Phi) is 3.73. The molecule has 0 radical (unpaired) electrons. The number of ether oxygens (including phenoxy) is 2. The first kappa shape index (κ1) is 15.0. The second-order valence-corrected chi connectivity index (χ2v) is 6.05. The first-order chi connectivity index (χ1) is 10.9. The Morgan fingerprint density at radius 1 is 1.35 bits per heavy atom. The molecular weight excluding hydrogens is 298 g/mol. The lowest BCUT2D eigenvalue weighted by Gasteiger charge is -2.17. The molecule has 8 heteroatoms. The maximum absolute atomic E-state index is 11.9. The van der Waals surface area contributed by atoms with Gasteiger partial charge in [0.25, 0.3) is 0 Å². The molecule has 0 aliphatic rings. The summed E-state index contributed by atoms with van der Waals surface area (Å²) in [6, 6.07) is 1.82. The molecule has 1 N–H and O–H groups in total. The third-order valence-corrected chi connectivity index (χ3v) is 3.15. The number of hydrogen-bond donors (Lipinski definition) is 1. The van der Waals surface area contributed by atoms with Gasteiger partial charge in [-0.2, -0.15) is 5.10 Å². The van der Waals surface area contributed by atoms with Gasteiger partial charge in [-0.15, -0.1) is 0 Å². The first-order valence-corrected chi connectivity index (χ1v) is 7.09. The Morgan fingerprint density at radius 2 is 2.17 bits per heavy atom. The van der Waals surface area contributed by atoms with Gasteiger partial charge < -0.3 is 9.47 Å². The SMILES string of the molecule is CC(C)(C)C(=O)OCn1ccc2c(Oc3cn[nH]c3)ncnc21. The lowest BCUT2D eigenvalue weighted by Crippen LogP contribution is -2.23. The van der Waals surface area contributed by atoms with Crippen LogP contribution >= 0.6 is 0 Å². The van der Waals surface area contributed by atoms with Crippen molar-refractivity contribution in [3.8, 4) is 11.6 Å². The maximum Gasteiger partial charge on any atom is 0.312 e. The van der Waals surface area contributed by atoms with Gasteiger partial charge in [-0.3, -0.25) is 14.5 Å². The molecule has 3 aromatic heterocycles. The van der Waals surface area contributed by atoms with Crippen LogP contribution in [0.1, 0.15) is 20.8 Å². The molecule has 0 saturated carbocycles. The standard InChI is InChI=1S/C15H17N5O3/c1-15(2,3)14(21)22-9-20-5-4-11-12(20)16-8-17-13(11)23-10-6-18-19-7-10/h4-8H,9H2,1-3H3,(H,18,19). The maximum atomic E-state index is 11.9. The second-order valence-electron chi connectivity index (χ2n) is 6.05. The lowest BCUT2D eigenvalue weighted by molar-refractivity contribution is -0.156. The monoisotopic (exact) mass is 315 g/mol. The van der Waals surface area contributed by atoms with Crippen LogP contribution in [0.4, 0.5) is 0 Å². The van der Waals surface area contributed by atoms with Gasteiger partial charge in [0, 0.05) is 6.20 Å².